The summed E-state index contributed by atoms with van der Waals surface area (Å²) in [7, 11) is 0. The van der Waals surface area contributed by atoms with Gasteiger partial charge in [-0.2, -0.15) is 0 Å². The second-order valence-electron chi connectivity index (χ2n) is 9.54. The second-order valence-corrected chi connectivity index (χ2v) is 9.54. The molecular weight excluding hydrogens is 903 g/mol. The molecule has 0 aromatic heterocycles. The summed E-state index contributed by atoms with van der Waals surface area (Å²) in [6, 6.07) is 0. The number of aliphatic hydroxyl groups excluding tert-OH is 8. The summed E-state index contributed by atoms with van der Waals surface area (Å²) in [6.45, 7) is 11.9. The van der Waals surface area contributed by atoms with Crippen LogP contribution in [0.15, 0.2) is 0 Å². The van der Waals surface area contributed by atoms with Crippen LogP contribution in [0.1, 0.15) is 75.7 Å². The smallest absolute Gasteiger partial charge is 0.547 e. The number of ketones is 2. The fraction of sp³-hybridized carbons (Fsp3) is 0.655. The molecule has 0 spiro atoms. The van der Waals surface area contributed by atoms with Crippen molar-refractivity contribution in [1.82, 2.24) is 0 Å². The Bertz CT molecular complexity index is 875. The first-order valence-corrected chi connectivity index (χ1v) is 14.4. The van der Waals surface area contributed by atoms with Crippen molar-refractivity contribution >= 4 is 59.3 Å². The molecule has 0 aliphatic carbocycles. The maximum Gasteiger partial charge on any atom is 4.00 e. The summed E-state index contributed by atoms with van der Waals surface area (Å²) in [5, 5.41) is 138. The van der Waals surface area contributed by atoms with E-state index >= 15 is 0 Å². The van der Waals surface area contributed by atoms with Crippen LogP contribution >= 0.6 is 0 Å². The summed E-state index contributed by atoms with van der Waals surface area (Å²) in [5.74, 6) is -11.6. The fourth-order valence-corrected chi connectivity index (χ4v) is 0.351. The van der Waals surface area contributed by atoms with E-state index in [0.29, 0.717) is 0 Å². The van der Waals surface area contributed by atoms with E-state index in [1.54, 1.807) is 0 Å². The van der Waals surface area contributed by atoms with Gasteiger partial charge in [0.2, 0.25) is 0 Å². The Hall–Kier alpha value is -3.62. The van der Waals surface area contributed by atoms with Crippen LogP contribution in [0.5, 0.6) is 0 Å². The van der Waals surface area contributed by atoms with Crippen molar-refractivity contribution in [1.29, 1.82) is 0 Å². The molecule has 28 heteroatoms. The number of Topliss-reactive ketones (excluding diaryl/α,β-unsaturated/α-hetero) is 2. The van der Waals surface area contributed by atoms with Gasteiger partial charge in [-0.3, -0.25) is 9.59 Å². The molecule has 0 radical (unpaired) electrons. The zero-order valence-electron chi connectivity index (χ0n) is 32.3. The van der Waals surface area contributed by atoms with E-state index in [1.165, 1.54) is 13.8 Å². The standard InChI is InChI=1S/C5H8O2.8C3H6O3.Ti.Zr/c1-4(6)3-5(2)7;8*1-2(4)3(5)6;;/h3H2,1-2H3;8*2,4H,1H3,(H,5,6);;/q;;;;;;;;;2*+4/p-8. The molecule has 0 fully saturated rings. The molecule has 0 aromatic rings. The minimum absolute atomic E-state index is 0. The SMILES string of the molecule is CC(=O)CC(C)=O.CC(O)C(=O)[O-].CC(O)C(=O)[O-].CC(O)C(=O)[O-].CC(O)C(=O)[O-].CC(O)C(=O)[O-].CC(O)C(=O)[O-].CC(O)C(=O)[O-].CC(O)C(=O)[O-].[Ti+4].[Zr+4]. The Morgan fingerprint density at radius 2 is 0.368 bits per heavy atom. The molecule has 8 N–H and O–H groups in total. The molecule has 0 saturated heterocycles. The number of carboxylic acids is 8. The second kappa shape index (κ2) is 52.4. The quantitative estimate of drug-likeness (QED) is 0.0744. The number of hydrogen-bond donors (Lipinski definition) is 8. The average Bonchev–Trinajstić information content (AvgIpc) is 2.98. The average molecular weight is 952 g/mol. The predicted molar refractivity (Wildman–Crippen MR) is 159 cm³/mol. The molecule has 0 aromatic carbocycles. The van der Waals surface area contributed by atoms with Crippen LogP contribution in [-0.4, -0.2) is 149 Å². The largest absolute Gasteiger partial charge is 4.00 e. The first-order chi connectivity index (χ1) is 24.3. The summed E-state index contributed by atoms with van der Waals surface area (Å²) in [6.07, 6.45) is -10.7. The number of aliphatic carboxylic acids is 8. The van der Waals surface area contributed by atoms with Crippen molar-refractivity contribution in [2.24, 2.45) is 0 Å². The van der Waals surface area contributed by atoms with E-state index in [9.17, 15) is 88.8 Å². The zero-order valence-corrected chi connectivity index (χ0v) is 36.3. The number of hydrogen-bond acceptors (Lipinski definition) is 26. The van der Waals surface area contributed by atoms with E-state index in [2.05, 4.69) is 0 Å². The molecule has 0 aliphatic heterocycles. The topological polar surface area (TPSA) is 517 Å². The third-order valence-corrected chi connectivity index (χ3v) is 3.23. The van der Waals surface area contributed by atoms with Gasteiger partial charge >= 0.3 is 47.9 Å². The number of aliphatic hydroxyl groups is 8. The van der Waals surface area contributed by atoms with E-state index in [-0.39, 0.29) is 65.9 Å². The van der Waals surface area contributed by atoms with Crippen LogP contribution in [-0.2, 0) is 95.9 Å². The molecule has 0 amide bonds. The molecule has 0 aliphatic rings. The molecule has 0 bridgehead atoms. The summed E-state index contributed by atoms with van der Waals surface area (Å²) >= 11 is 0. The van der Waals surface area contributed by atoms with Crippen LogP contribution in [0, 0.1) is 0 Å². The van der Waals surface area contributed by atoms with E-state index < -0.39 is 96.6 Å². The minimum Gasteiger partial charge on any atom is -0.547 e. The van der Waals surface area contributed by atoms with Gasteiger partial charge in [-0.15, -0.1) is 0 Å². The van der Waals surface area contributed by atoms with Crippen molar-refractivity contribution < 1.29 is 178 Å². The Kier molecular flexibility index (Phi) is 74.9. The van der Waals surface area contributed by atoms with Crippen LogP contribution in [0.3, 0.4) is 0 Å². The summed E-state index contributed by atoms with van der Waals surface area (Å²) in [5.41, 5.74) is 0. The molecule has 26 nitrogen and oxygen atoms in total. The van der Waals surface area contributed by atoms with Gasteiger partial charge in [-0.1, -0.05) is 0 Å². The number of carbonyl (C=O) groups is 10. The van der Waals surface area contributed by atoms with Gasteiger partial charge in [0, 0.05) is 0 Å². The van der Waals surface area contributed by atoms with Gasteiger partial charge in [0.25, 0.3) is 0 Å². The zero-order chi connectivity index (χ0) is 47.1. The van der Waals surface area contributed by atoms with E-state index in [4.69, 9.17) is 40.9 Å². The maximum atomic E-state index is 10.0. The Balaban J connectivity index is -0.0000000462. The summed E-state index contributed by atoms with van der Waals surface area (Å²) in [4.78, 5) is 94.8. The predicted octanol–water partition coefficient (Wildman–Crippen LogP) is -14.5. The van der Waals surface area contributed by atoms with Crippen LogP contribution in [0.2, 0.25) is 0 Å². The number of carboxylic acid groups (broad SMARTS) is 8. The van der Waals surface area contributed by atoms with Gasteiger partial charge in [-0.25, -0.2) is 0 Å². The molecule has 328 valence electrons. The molecule has 0 rings (SSSR count). The summed E-state index contributed by atoms with van der Waals surface area (Å²) < 4.78 is 0. The van der Waals surface area contributed by atoms with Gasteiger partial charge in [0.15, 0.2) is 0 Å². The molecule has 8 atom stereocenters. The Morgan fingerprint density at radius 3 is 0.368 bits per heavy atom. The van der Waals surface area contributed by atoms with Crippen LogP contribution < -0.4 is 40.9 Å². The van der Waals surface area contributed by atoms with E-state index in [1.807, 2.05) is 0 Å². The monoisotopic (exact) mass is 950 g/mol. The molecule has 0 saturated carbocycles. The van der Waals surface area contributed by atoms with Crippen molar-refractivity contribution in [3.8, 4) is 0 Å². The molecule has 0 heterocycles. The van der Waals surface area contributed by atoms with Crippen molar-refractivity contribution in [2.45, 2.75) is 124 Å². The van der Waals surface area contributed by atoms with Crippen LogP contribution in [0.4, 0.5) is 0 Å². The van der Waals surface area contributed by atoms with Crippen molar-refractivity contribution in [3.63, 3.8) is 0 Å². The van der Waals surface area contributed by atoms with Gasteiger partial charge in [0.1, 0.15) is 11.6 Å². The van der Waals surface area contributed by atoms with Gasteiger partial charge in [-0.05, 0) is 69.2 Å². The third-order valence-electron chi connectivity index (χ3n) is 3.23. The van der Waals surface area contributed by atoms with E-state index in [0.717, 1.165) is 55.4 Å². The number of rotatable bonds is 10. The molecule has 8 unspecified atom stereocenters. The first-order valence-electron chi connectivity index (χ1n) is 14.4. The molecular formula is C29H48O26TiZr. The van der Waals surface area contributed by atoms with Crippen LogP contribution in [0.25, 0.3) is 0 Å². The van der Waals surface area contributed by atoms with Gasteiger partial charge in [0.05, 0.1) is 103 Å². The normalized spacial score (nSPS) is 12.5. The minimum atomic E-state index is -1.44. The number of carbonyl (C=O) groups excluding carboxylic acids is 10. The fourth-order valence-electron chi connectivity index (χ4n) is 0.351. The molecule has 57 heavy (non-hydrogen) atoms. The third kappa shape index (κ3) is 127. The van der Waals surface area contributed by atoms with Crippen molar-refractivity contribution in [3.05, 3.63) is 0 Å². The maximum absolute atomic E-state index is 10.0. The first kappa shape index (κ1) is 81.5. The Morgan fingerprint density at radius 1 is 0.316 bits per heavy atom. The Labute approximate surface area is 360 Å². The van der Waals surface area contributed by atoms with Gasteiger partial charge < -0.3 is 120 Å². The van der Waals surface area contributed by atoms with Crippen molar-refractivity contribution in [2.75, 3.05) is 0 Å².